The van der Waals surface area contributed by atoms with E-state index in [9.17, 15) is 4.79 Å². The van der Waals surface area contributed by atoms with Crippen molar-refractivity contribution in [2.45, 2.75) is 0 Å². The number of anilines is 1. The fraction of sp³-hybridized carbons (Fsp3) is 0.364. The zero-order valence-corrected chi connectivity index (χ0v) is 11.0. The lowest BCUT2D eigenvalue weighted by Crippen LogP contribution is -2.34. The topological polar surface area (TPSA) is 62.5 Å². The molecule has 1 aromatic rings. The van der Waals surface area contributed by atoms with E-state index < -0.39 is 0 Å². The fourth-order valence-electron chi connectivity index (χ4n) is 1.20. The van der Waals surface area contributed by atoms with Crippen molar-refractivity contribution < 1.29 is 4.79 Å². The minimum absolute atomic E-state index is 0.00929. The van der Waals surface area contributed by atoms with Gasteiger partial charge in [0.15, 0.2) is 0 Å². The van der Waals surface area contributed by atoms with E-state index in [0.29, 0.717) is 11.5 Å². The maximum absolute atomic E-state index is 11.6. The zero-order valence-electron chi connectivity index (χ0n) is 10.2. The van der Waals surface area contributed by atoms with E-state index in [-0.39, 0.29) is 17.4 Å². The monoisotopic (exact) mass is 252 g/mol. The molecule has 0 bridgehead atoms. The highest BCUT2D eigenvalue weighted by atomic mass is 32.1. The summed E-state index contributed by atoms with van der Waals surface area (Å²) in [5.74, 6) is 0.681. The van der Waals surface area contributed by atoms with Crippen LogP contribution in [0.25, 0.3) is 0 Å². The summed E-state index contributed by atoms with van der Waals surface area (Å²) in [4.78, 5) is 19.4. The number of pyridine rings is 1. The largest absolute Gasteiger partial charge is 0.388 e. The number of thiocarbonyl (C=S) groups is 1. The molecule has 0 fully saturated rings. The highest BCUT2D eigenvalue weighted by molar-refractivity contribution is 7.80. The summed E-state index contributed by atoms with van der Waals surface area (Å²) >= 11 is 4.86. The first kappa shape index (κ1) is 13.4. The maximum atomic E-state index is 11.6. The van der Waals surface area contributed by atoms with Gasteiger partial charge in [-0.15, -0.1) is 0 Å². The fourth-order valence-corrected chi connectivity index (χ4v) is 1.31. The number of carbonyl (C=O) groups is 1. The van der Waals surface area contributed by atoms with Gasteiger partial charge in [-0.3, -0.25) is 4.79 Å². The Kier molecular flexibility index (Phi) is 4.39. The van der Waals surface area contributed by atoms with Gasteiger partial charge in [-0.05, 0) is 12.1 Å². The lowest BCUT2D eigenvalue weighted by molar-refractivity contribution is -0.127. The van der Waals surface area contributed by atoms with Crippen molar-refractivity contribution >= 4 is 28.9 Å². The van der Waals surface area contributed by atoms with Gasteiger partial charge in [0.25, 0.3) is 0 Å². The molecule has 92 valence electrons. The molecule has 2 N–H and O–H groups in total. The summed E-state index contributed by atoms with van der Waals surface area (Å²) in [7, 11) is 5.23. The predicted molar refractivity (Wildman–Crippen MR) is 72.1 cm³/mol. The first-order valence-electron chi connectivity index (χ1n) is 5.10. The Balaban J connectivity index is 2.82. The van der Waals surface area contributed by atoms with Crippen LogP contribution < -0.4 is 10.6 Å². The average molecular weight is 252 g/mol. The van der Waals surface area contributed by atoms with Crippen molar-refractivity contribution in [2.24, 2.45) is 5.73 Å². The highest BCUT2D eigenvalue weighted by Gasteiger charge is 2.10. The van der Waals surface area contributed by atoms with E-state index in [1.165, 1.54) is 4.90 Å². The van der Waals surface area contributed by atoms with Crippen LogP contribution in [0.5, 0.6) is 0 Å². The smallest absolute Gasteiger partial charge is 0.241 e. The normalized spacial score (nSPS) is 9.82. The van der Waals surface area contributed by atoms with Gasteiger partial charge in [-0.25, -0.2) is 4.98 Å². The molecule has 0 aromatic carbocycles. The molecule has 1 amide bonds. The number of hydrogen-bond donors (Lipinski definition) is 1. The first-order valence-corrected chi connectivity index (χ1v) is 5.51. The van der Waals surface area contributed by atoms with Crippen LogP contribution in [0.1, 0.15) is 5.69 Å². The van der Waals surface area contributed by atoms with Gasteiger partial charge in [0.1, 0.15) is 10.8 Å². The maximum Gasteiger partial charge on any atom is 0.241 e. The molecule has 1 heterocycles. The SMILES string of the molecule is CN(C)C(=O)CN(C)c1cccc(C(N)=S)n1. The first-order chi connectivity index (χ1) is 7.91. The van der Waals surface area contributed by atoms with E-state index >= 15 is 0 Å². The number of aromatic nitrogens is 1. The van der Waals surface area contributed by atoms with Gasteiger partial charge >= 0.3 is 0 Å². The van der Waals surface area contributed by atoms with Crippen molar-refractivity contribution in [3.8, 4) is 0 Å². The Bertz CT molecular complexity index is 433. The van der Waals surface area contributed by atoms with Crippen LogP contribution in [0.2, 0.25) is 0 Å². The number of hydrogen-bond acceptors (Lipinski definition) is 4. The van der Waals surface area contributed by atoms with Crippen LogP contribution >= 0.6 is 12.2 Å². The summed E-state index contributed by atoms with van der Waals surface area (Å²) in [6.07, 6.45) is 0. The molecule has 1 rings (SSSR count). The van der Waals surface area contributed by atoms with E-state index in [4.69, 9.17) is 18.0 Å². The molecular weight excluding hydrogens is 236 g/mol. The summed E-state index contributed by atoms with van der Waals surface area (Å²) in [6.45, 7) is 0.265. The molecule has 0 aliphatic carbocycles. The van der Waals surface area contributed by atoms with E-state index in [0.717, 1.165) is 0 Å². The Hall–Kier alpha value is -1.69. The summed E-state index contributed by atoms with van der Waals surface area (Å²) in [5.41, 5.74) is 6.06. The van der Waals surface area contributed by atoms with Crippen LogP contribution in [0.4, 0.5) is 5.82 Å². The lowest BCUT2D eigenvalue weighted by atomic mass is 10.3. The number of carbonyl (C=O) groups excluding carboxylic acids is 1. The van der Waals surface area contributed by atoms with Crippen LogP contribution in [-0.4, -0.2) is 48.5 Å². The number of nitrogens with zero attached hydrogens (tertiary/aromatic N) is 3. The van der Waals surface area contributed by atoms with Crippen LogP contribution in [0.15, 0.2) is 18.2 Å². The number of nitrogens with two attached hydrogens (primary N) is 1. The second kappa shape index (κ2) is 5.58. The van der Waals surface area contributed by atoms with Crippen LogP contribution in [-0.2, 0) is 4.79 Å². The van der Waals surface area contributed by atoms with Gasteiger partial charge in [0.05, 0.1) is 12.2 Å². The van der Waals surface area contributed by atoms with Crippen molar-refractivity contribution in [3.63, 3.8) is 0 Å². The van der Waals surface area contributed by atoms with Crippen molar-refractivity contribution in [1.29, 1.82) is 0 Å². The molecule has 0 saturated heterocycles. The summed E-state index contributed by atoms with van der Waals surface area (Å²) in [5, 5.41) is 0. The second-order valence-electron chi connectivity index (χ2n) is 3.89. The quantitative estimate of drug-likeness (QED) is 0.778. The zero-order chi connectivity index (χ0) is 13.0. The molecule has 0 unspecified atom stereocenters. The van der Waals surface area contributed by atoms with Gasteiger partial charge in [-0.2, -0.15) is 0 Å². The van der Waals surface area contributed by atoms with E-state index in [2.05, 4.69) is 4.98 Å². The molecule has 5 nitrogen and oxygen atoms in total. The highest BCUT2D eigenvalue weighted by Crippen LogP contribution is 2.09. The molecular formula is C11H16N4OS. The number of amides is 1. The van der Waals surface area contributed by atoms with Crippen molar-refractivity contribution in [3.05, 3.63) is 23.9 Å². The third-order valence-electron chi connectivity index (χ3n) is 2.25. The van der Waals surface area contributed by atoms with Crippen LogP contribution in [0.3, 0.4) is 0 Å². The Morgan fingerprint density at radius 2 is 2.06 bits per heavy atom. The third-order valence-corrected chi connectivity index (χ3v) is 2.46. The predicted octanol–water partition coefficient (Wildman–Crippen LogP) is 0.240. The van der Waals surface area contributed by atoms with Gasteiger partial charge in [0.2, 0.25) is 5.91 Å². The van der Waals surface area contributed by atoms with Gasteiger partial charge in [0, 0.05) is 21.1 Å². The van der Waals surface area contributed by atoms with E-state index in [1.54, 1.807) is 32.1 Å². The average Bonchev–Trinajstić information content (AvgIpc) is 2.28. The van der Waals surface area contributed by atoms with Crippen molar-refractivity contribution in [2.75, 3.05) is 32.6 Å². The number of rotatable bonds is 4. The molecule has 0 saturated carbocycles. The Labute approximate surface area is 106 Å². The molecule has 0 aliphatic rings. The van der Waals surface area contributed by atoms with Crippen LogP contribution in [0, 0.1) is 0 Å². The third kappa shape index (κ3) is 3.67. The minimum atomic E-state index is 0.00929. The molecule has 0 atom stereocenters. The lowest BCUT2D eigenvalue weighted by Gasteiger charge is -2.20. The molecule has 17 heavy (non-hydrogen) atoms. The Morgan fingerprint density at radius 1 is 1.41 bits per heavy atom. The standard InChI is InChI=1S/C11H16N4OS/c1-14(2)10(16)7-15(3)9-6-4-5-8(13-9)11(12)17/h4-6H,7H2,1-3H3,(H2,12,17). The van der Waals surface area contributed by atoms with Gasteiger partial charge < -0.3 is 15.5 Å². The van der Waals surface area contributed by atoms with Gasteiger partial charge in [-0.1, -0.05) is 18.3 Å². The van der Waals surface area contributed by atoms with E-state index in [1.807, 2.05) is 12.1 Å². The summed E-state index contributed by atoms with van der Waals surface area (Å²) < 4.78 is 0. The molecule has 0 radical (unpaired) electrons. The second-order valence-corrected chi connectivity index (χ2v) is 4.33. The number of likely N-dealkylation sites (N-methyl/N-ethyl adjacent to an activating group) is 2. The Morgan fingerprint density at radius 3 is 2.59 bits per heavy atom. The minimum Gasteiger partial charge on any atom is -0.388 e. The molecule has 0 spiro atoms. The van der Waals surface area contributed by atoms with Crippen molar-refractivity contribution in [1.82, 2.24) is 9.88 Å². The summed E-state index contributed by atoms with van der Waals surface area (Å²) in [6, 6.07) is 5.37. The molecule has 1 aromatic heterocycles. The molecule has 6 heteroatoms. The molecule has 0 aliphatic heterocycles.